The second kappa shape index (κ2) is 2.62. The van der Waals surface area contributed by atoms with Crippen LogP contribution < -0.4 is 0 Å². The maximum Gasteiger partial charge on any atom is 0.314 e. The quantitative estimate of drug-likeness (QED) is 0.363. The van der Waals surface area contributed by atoms with Crippen LogP contribution in [0.4, 0.5) is 0 Å². The van der Waals surface area contributed by atoms with Gasteiger partial charge in [0, 0.05) is 0 Å². The largest absolute Gasteiger partial charge is 0.361 e. The molecule has 0 atom stereocenters. The van der Waals surface area contributed by atoms with Crippen LogP contribution in [-0.2, 0) is 0 Å². The lowest BCUT2D eigenvalue weighted by molar-refractivity contribution is -0.00579. The molecule has 0 bridgehead atoms. The summed E-state index contributed by atoms with van der Waals surface area (Å²) < 4.78 is 0. The summed E-state index contributed by atoms with van der Waals surface area (Å²) in [7, 11) is 0. The summed E-state index contributed by atoms with van der Waals surface area (Å²) >= 11 is 5.60. The molecule has 0 spiro atoms. The Balaban J connectivity index is 2.96. The van der Waals surface area contributed by atoms with Gasteiger partial charge in [-0.1, -0.05) is 23.8 Å². The first-order chi connectivity index (χ1) is 4.34. The van der Waals surface area contributed by atoms with Crippen molar-refractivity contribution in [3.8, 4) is 0 Å². The van der Waals surface area contributed by atoms with Crippen LogP contribution in [-0.4, -0.2) is 10.5 Å². The molecule has 0 saturated heterocycles. The third-order valence-corrected chi connectivity index (χ3v) is 1.43. The molecule has 0 heterocycles. The smallest absolute Gasteiger partial charge is 0.314 e. The molecule has 0 aliphatic heterocycles. The molecule has 2 nitrogen and oxygen atoms in total. The van der Waals surface area contributed by atoms with Gasteiger partial charge in [0.15, 0.2) is 0 Å². The molecule has 0 N–H and O–H groups in total. The Kier molecular flexibility index (Phi) is 1.83. The zero-order valence-electron chi connectivity index (χ0n) is 4.71. The van der Waals surface area contributed by atoms with Gasteiger partial charge in [0.25, 0.3) is 0 Å². The van der Waals surface area contributed by atoms with E-state index in [9.17, 15) is 0 Å². The zero-order valence-corrected chi connectivity index (χ0v) is 5.47. The first kappa shape index (κ1) is 6.27. The number of allylic oxidation sites excluding steroid dienone is 4. The molecule has 9 heavy (non-hydrogen) atoms. The predicted molar refractivity (Wildman–Crippen MR) is 36.3 cm³/mol. The van der Waals surface area contributed by atoms with E-state index in [0.717, 1.165) is 0 Å². The average molecular weight is 141 g/mol. The lowest BCUT2D eigenvalue weighted by atomic mass is 10.2. The molecule has 0 saturated carbocycles. The zero-order chi connectivity index (χ0) is 6.69. The highest BCUT2D eigenvalue weighted by Crippen LogP contribution is 2.10. The van der Waals surface area contributed by atoms with E-state index in [1.807, 2.05) is 12.2 Å². The van der Waals surface area contributed by atoms with Crippen LogP contribution in [0.2, 0.25) is 0 Å². The fourth-order valence-corrected chi connectivity index (χ4v) is 0.802. The number of hydrogen-bond donors (Lipinski definition) is 0. The molecule has 0 aromatic heterocycles. The van der Waals surface area contributed by atoms with Crippen molar-refractivity contribution in [1.82, 2.24) is 0 Å². The number of nitrogens with zero attached hydrogens (tertiary/aromatic N) is 2. The molecule has 0 radical (unpaired) electrons. The van der Waals surface area contributed by atoms with Crippen molar-refractivity contribution < 1.29 is 4.79 Å². The first-order valence-electron chi connectivity index (χ1n) is 2.58. The van der Waals surface area contributed by atoms with Crippen LogP contribution in [0.25, 0.3) is 5.53 Å². The number of halogens is 1. The number of rotatable bonds is 0. The third kappa shape index (κ3) is 1.28. The average Bonchev–Trinajstić information content (AvgIpc) is 1.89. The standard InChI is InChI=1S/C6H5ClN2/c7-5-3-1-2-4-6(5)9-8/h1-3H,4H2. The Bertz CT molecular complexity index is 221. The van der Waals surface area contributed by atoms with Crippen molar-refractivity contribution in [3.63, 3.8) is 0 Å². The summed E-state index contributed by atoms with van der Waals surface area (Å²) in [5.74, 6) is 0. The highest BCUT2D eigenvalue weighted by Gasteiger charge is 2.12. The van der Waals surface area contributed by atoms with Crippen molar-refractivity contribution in [2.75, 3.05) is 0 Å². The van der Waals surface area contributed by atoms with Crippen LogP contribution in [0.5, 0.6) is 0 Å². The summed E-state index contributed by atoms with van der Waals surface area (Å²) in [6, 6.07) is 0. The minimum atomic E-state index is 0.514. The van der Waals surface area contributed by atoms with Crippen LogP contribution in [0, 0.1) is 0 Å². The Morgan fingerprint density at radius 2 is 2.44 bits per heavy atom. The Morgan fingerprint density at radius 1 is 1.67 bits per heavy atom. The maximum atomic E-state index is 8.29. The van der Waals surface area contributed by atoms with E-state index in [1.54, 1.807) is 6.08 Å². The minimum Gasteiger partial charge on any atom is -0.361 e. The summed E-state index contributed by atoms with van der Waals surface area (Å²) in [6.45, 7) is 0. The normalized spacial score (nSPS) is 17.0. The SMILES string of the molecule is [N-]=[N+]=C1CC=CC=C1Cl. The Hall–Kier alpha value is -0.850. The van der Waals surface area contributed by atoms with Crippen LogP contribution in [0.1, 0.15) is 6.42 Å². The van der Waals surface area contributed by atoms with Gasteiger partial charge < -0.3 is 5.53 Å². The van der Waals surface area contributed by atoms with Gasteiger partial charge in [0.2, 0.25) is 0 Å². The summed E-state index contributed by atoms with van der Waals surface area (Å²) in [5.41, 5.74) is 8.82. The lowest BCUT2D eigenvalue weighted by Crippen LogP contribution is -1.99. The second-order valence-electron chi connectivity index (χ2n) is 1.69. The molecule has 1 aliphatic rings. The van der Waals surface area contributed by atoms with E-state index >= 15 is 0 Å². The maximum absolute atomic E-state index is 8.29. The van der Waals surface area contributed by atoms with Crippen LogP contribution in [0.15, 0.2) is 23.3 Å². The van der Waals surface area contributed by atoms with Gasteiger partial charge in [-0.3, -0.25) is 0 Å². The van der Waals surface area contributed by atoms with Gasteiger partial charge in [-0.05, 0) is 6.08 Å². The molecule has 0 unspecified atom stereocenters. The molecule has 3 heteroatoms. The molecule has 1 rings (SSSR count). The molecule has 0 fully saturated rings. The fraction of sp³-hybridized carbons (Fsp3) is 0.167. The summed E-state index contributed by atoms with van der Waals surface area (Å²) in [5, 5.41) is 0.514. The van der Waals surface area contributed by atoms with E-state index in [1.165, 1.54) is 0 Å². The highest BCUT2D eigenvalue weighted by atomic mass is 35.5. The Labute approximate surface area is 58.1 Å². The van der Waals surface area contributed by atoms with Crippen molar-refractivity contribution in [2.24, 2.45) is 0 Å². The lowest BCUT2D eigenvalue weighted by Gasteiger charge is -1.92. The van der Waals surface area contributed by atoms with Crippen LogP contribution in [0.3, 0.4) is 0 Å². The fourth-order valence-electron chi connectivity index (χ4n) is 0.614. The second-order valence-corrected chi connectivity index (χ2v) is 2.10. The van der Waals surface area contributed by atoms with Crippen molar-refractivity contribution >= 4 is 17.3 Å². The first-order valence-corrected chi connectivity index (χ1v) is 2.96. The molecule has 1 aliphatic carbocycles. The van der Waals surface area contributed by atoms with E-state index in [0.29, 0.717) is 17.2 Å². The third-order valence-electron chi connectivity index (χ3n) is 1.09. The molecular weight excluding hydrogens is 136 g/mol. The predicted octanol–water partition coefficient (Wildman–Crippen LogP) is 1.74. The van der Waals surface area contributed by atoms with Gasteiger partial charge in [0.05, 0.1) is 6.42 Å². The Morgan fingerprint density at radius 3 is 2.89 bits per heavy atom. The van der Waals surface area contributed by atoms with E-state index in [4.69, 9.17) is 17.1 Å². The highest BCUT2D eigenvalue weighted by molar-refractivity contribution is 6.43. The van der Waals surface area contributed by atoms with E-state index < -0.39 is 0 Å². The van der Waals surface area contributed by atoms with Gasteiger partial charge in [-0.25, -0.2) is 0 Å². The van der Waals surface area contributed by atoms with Crippen molar-refractivity contribution in [2.45, 2.75) is 6.42 Å². The van der Waals surface area contributed by atoms with Gasteiger partial charge in [0.1, 0.15) is 5.03 Å². The van der Waals surface area contributed by atoms with Crippen molar-refractivity contribution in [1.29, 1.82) is 0 Å². The van der Waals surface area contributed by atoms with Crippen molar-refractivity contribution in [3.05, 3.63) is 28.8 Å². The van der Waals surface area contributed by atoms with Crippen LogP contribution >= 0.6 is 11.6 Å². The summed E-state index contributed by atoms with van der Waals surface area (Å²) in [6.07, 6.45) is 6.02. The van der Waals surface area contributed by atoms with Gasteiger partial charge >= 0.3 is 5.71 Å². The molecule has 0 amide bonds. The minimum absolute atomic E-state index is 0.514. The molecule has 0 aromatic carbocycles. The monoisotopic (exact) mass is 140 g/mol. The molecular formula is C6H5ClN2. The number of hydrogen-bond acceptors (Lipinski definition) is 0. The van der Waals surface area contributed by atoms with Gasteiger partial charge in [-0.15, -0.1) is 0 Å². The van der Waals surface area contributed by atoms with E-state index in [2.05, 4.69) is 4.79 Å². The van der Waals surface area contributed by atoms with E-state index in [-0.39, 0.29) is 0 Å². The molecule has 46 valence electrons. The van der Waals surface area contributed by atoms with Gasteiger partial charge in [-0.2, -0.15) is 4.79 Å². The topological polar surface area (TPSA) is 36.4 Å². The molecule has 0 aromatic rings. The summed E-state index contributed by atoms with van der Waals surface area (Å²) in [4.78, 5) is 2.99.